The van der Waals surface area contributed by atoms with Crippen LogP contribution in [0.2, 0.25) is 0 Å². The molecule has 0 bridgehead atoms. The van der Waals surface area contributed by atoms with Gasteiger partial charge in [-0.05, 0) is 17.5 Å². The van der Waals surface area contributed by atoms with Gasteiger partial charge in [-0.25, -0.2) is 0 Å². The van der Waals surface area contributed by atoms with E-state index in [4.69, 9.17) is 5.73 Å². The minimum Gasteiger partial charge on any atom is -0.397 e. The lowest BCUT2D eigenvalue weighted by molar-refractivity contribution is 0.0935. The van der Waals surface area contributed by atoms with Crippen molar-refractivity contribution in [2.45, 2.75) is 20.8 Å². The lowest BCUT2D eigenvalue weighted by atomic mass is 9.97. The zero-order chi connectivity index (χ0) is 13.3. The van der Waals surface area contributed by atoms with Gasteiger partial charge in [0.1, 0.15) is 5.69 Å². The van der Waals surface area contributed by atoms with Crippen LogP contribution in [0.1, 0.15) is 31.3 Å². The lowest BCUT2D eigenvalue weighted by Crippen LogP contribution is -2.32. The highest BCUT2D eigenvalue weighted by molar-refractivity contribution is 6.00. The molecular formula is C14H19N3O. The molecular weight excluding hydrogens is 226 g/mol. The fourth-order valence-electron chi connectivity index (χ4n) is 1.74. The van der Waals surface area contributed by atoms with E-state index in [1.165, 1.54) is 0 Å². The van der Waals surface area contributed by atoms with Gasteiger partial charge in [-0.15, -0.1) is 0 Å². The van der Waals surface area contributed by atoms with Gasteiger partial charge in [0, 0.05) is 11.9 Å². The number of hydrogen-bond donors (Lipinski definition) is 3. The Hall–Kier alpha value is -1.97. The number of H-pyrrole nitrogens is 1. The molecule has 2 aromatic rings. The Balaban J connectivity index is 2.21. The van der Waals surface area contributed by atoms with Gasteiger partial charge in [-0.3, -0.25) is 4.79 Å². The molecule has 1 heterocycles. The molecule has 2 rings (SSSR count). The molecule has 0 aliphatic carbocycles. The van der Waals surface area contributed by atoms with Gasteiger partial charge in [0.05, 0.1) is 11.2 Å². The highest BCUT2D eigenvalue weighted by Gasteiger charge is 2.14. The number of aromatic amines is 1. The van der Waals surface area contributed by atoms with Crippen LogP contribution in [-0.2, 0) is 0 Å². The third-order valence-corrected chi connectivity index (χ3v) is 2.71. The molecule has 0 aliphatic rings. The van der Waals surface area contributed by atoms with Crippen LogP contribution in [0, 0.1) is 5.41 Å². The number of rotatable bonds is 2. The Morgan fingerprint density at radius 1 is 1.39 bits per heavy atom. The second-order valence-corrected chi connectivity index (χ2v) is 5.74. The number of nitrogens with two attached hydrogens (primary N) is 1. The van der Waals surface area contributed by atoms with E-state index in [0.29, 0.717) is 17.9 Å². The van der Waals surface area contributed by atoms with Crippen molar-refractivity contribution < 1.29 is 4.79 Å². The zero-order valence-electron chi connectivity index (χ0n) is 11.0. The molecule has 18 heavy (non-hydrogen) atoms. The summed E-state index contributed by atoms with van der Waals surface area (Å²) < 4.78 is 0. The standard InChI is InChI=1S/C14H19N3O/c1-14(2,3)8-16-13(18)11-7-9-5-4-6-10(15)12(9)17-11/h4-7,17H,8,15H2,1-3H3,(H,16,18). The SMILES string of the molecule is CC(C)(C)CNC(=O)c1cc2cccc(N)c2[nH]1. The zero-order valence-corrected chi connectivity index (χ0v) is 11.0. The van der Waals surface area contributed by atoms with Crippen molar-refractivity contribution in [1.29, 1.82) is 0 Å². The Labute approximate surface area is 107 Å². The van der Waals surface area contributed by atoms with Crippen LogP contribution < -0.4 is 11.1 Å². The summed E-state index contributed by atoms with van der Waals surface area (Å²) in [6, 6.07) is 7.45. The molecule has 0 saturated heterocycles. The van der Waals surface area contributed by atoms with Crippen LogP contribution in [-0.4, -0.2) is 17.4 Å². The lowest BCUT2D eigenvalue weighted by Gasteiger charge is -2.18. The summed E-state index contributed by atoms with van der Waals surface area (Å²) in [6.45, 7) is 6.88. The van der Waals surface area contributed by atoms with E-state index in [1.54, 1.807) is 0 Å². The largest absolute Gasteiger partial charge is 0.397 e. The van der Waals surface area contributed by atoms with E-state index >= 15 is 0 Å². The molecule has 1 aromatic carbocycles. The van der Waals surface area contributed by atoms with E-state index < -0.39 is 0 Å². The molecule has 0 atom stereocenters. The molecule has 0 fully saturated rings. The smallest absolute Gasteiger partial charge is 0.267 e. The first-order chi connectivity index (χ1) is 8.37. The summed E-state index contributed by atoms with van der Waals surface area (Å²) in [4.78, 5) is 15.1. The summed E-state index contributed by atoms with van der Waals surface area (Å²) in [6.07, 6.45) is 0. The number of fused-ring (bicyclic) bond motifs is 1. The fourth-order valence-corrected chi connectivity index (χ4v) is 1.74. The van der Waals surface area contributed by atoms with E-state index in [0.717, 1.165) is 10.9 Å². The predicted octanol–water partition coefficient (Wildman–Crippen LogP) is 2.53. The van der Waals surface area contributed by atoms with Crippen LogP contribution in [0.5, 0.6) is 0 Å². The summed E-state index contributed by atoms with van der Waals surface area (Å²) in [5.74, 6) is -0.0967. The summed E-state index contributed by atoms with van der Waals surface area (Å²) in [7, 11) is 0. The number of anilines is 1. The van der Waals surface area contributed by atoms with Gasteiger partial charge >= 0.3 is 0 Å². The van der Waals surface area contributed by atoms with E-state index in [2.05, 4.69) is 31.1 Å². The van der Waals surface area contributed by atoms with E-state index in [1.807, 2.05) is 24.3 Å². The Morgan fingerprint density at radius 2 is 2.11 bits per heavy atom. The molecule has 0 radical (unpaired) electrons. The molecule has 4 heteroatoms. The van der Waals surface area contributed by atoms with Crippen molar-refractivity contribution >= 4 is 22.5 Å². The van der Waals surface area contributed by atoms with Crippen molar-refractivity contribution in [2.75, 3.05) is 12.3 Å². The minimum atomic E-state index is -0.0967. The second kappa shape index (κ2) is 4.37. The predicted molar refractivity (Wildman–Crippen MR) is 74.5 cm³/mol. The van der Waals surface area contributed by atoms with Gasteiger partial charge in [0.2, 0.25) is 0 Å². The Morgan fingerprint density at radius 3 is 2.72 bits per heavy atom. The summed E-state index contributed by atoms with van der Waals surface area (Å²) in [5, 5.41) is 3.86. The summed E-state index contributed by atoms with van der Waals surface area (Å²) >= 11 is 0. The van der Waals surface area contributed by atoms with Crippen LogP contribution in [0.3, 0.4) is 0 Å². The third kappa shape index (κ3) is 2.64. The second-order valence-electron chi connectivity index (χ2n) is 5.74. The van der Waals surface area contributed by atoms with Crippen LogP contribution >= 0.6 is 0 Å². The molecule has 0 saturated carbocycles. The van der Waals surface area contributed by atoms with Gasteiger partial charge in [-0.1, -0.05) is 32.9 Å². The fraction of sp³-hybridized carbons (Fsp3) is 0.357. The number of hydrogen-bond acceptors (Lipinski definition) is 2. The molecule has 1 amide bonds. The van der Waals surface area contributed by atoms with Gasteiger partial charge in [-0.2, -0.15) is 0 Å². The van der Waals surface area contributed by atoms with Crippen molar-refractivity contribution in [2.24, 2.45) is 5.41 Å². The number of nitrogen functional groups attached to an aromatic ring is 1. The van der Waals surface area contributed by atoms with Crippen molar-refractivity contribution in [3.05, 3.63) is 30.0 Å². The molecule has 96 valence electrons. The van der Waals surface area contributed by atoms with Crippen molar-refractivity contribution in [1.82, 2.24) is 10.3 Å². The number of benzene rings is 1. The van der Waals surface area contributed by atoms with Crippen LogP contribution in [0.15, 0.2) is 24.3 Å². The van der Waals surface area contributed by atoms with Gasteiger partial charge in [0.15, 0.2) is 0 Å². The normalized spacial score (nSPS) is 11.7. The van der Waals surface area contributed by atoms with Gasteiger partial charge < -0.3 is 16.0 Å². The maximum atomic E-state index is 12.0. The average molecular weight is 245 g/mol. The molecule has 4 N–H and O–H groups in total. The number of amides is 1. The number of carbonyl (C=O) groups is 1. The van der Waals surface area contributed by atoms with E-state index in [-0.39, 0.29) is 11.3 Å². The highest BCUT2D eigenvalue weighted by atomic mass is 16.1. The highest BCUT2D eigenvalue weighted by Crippen LogP contribution is 2.21. The van der Waals surface area contributed by atoms with Crippen molar-refractivity contribution in [3.63, 3.8) is 0 Å². The number of carbonyl (C=O) groups excluding carboxylic acids is 1. The monoisotopic (exact) mass is 245 g/mol. The van der Waals surface area contributed by atoms with Crippen LogP contribution in [0.25, 0.3) is 10.9 Å². The molecule has 0 aliphatic heterocycles. The van der Waals surface area contributed by atoms with Gasteiger partial charge in [0.25, 0.3) is 5.91 Å². The first-order valence-corrected chi connectivity index (χ1v) is 6.02. The average Bonchev–Trinajstić information content (AvgIpc) is 2.70. The topological polar surface area (TPSA) is 70.9 Å². The third-order valence-electron chi connectivity index (χ3n) is 2.71. The number of aromatic nitrogens is 1. The van der Waals surface area contributed by atoms with Crippen molar-refractivity contribution in [3.8, 4) is 0 Å². The quantitative estimate of drug-likeness (QED) is 0.711. The summed E-state index contributed by atoms with van der Waals surface area (Å²) in [5.41, 5.74) is 7.94. The molecule has 4 nitrogen and oxygen atoms in total. The molecule has 0 spiro atoms. The Kier molecular flexibility index (Phi) is 3.03. The maximum absolute atomic E-state index is 12.0. The Bertz CT molecular complexity index is 578. The number of para-hydroxylation sites is 1. The number of nitrogens with one attached hydrogen (secondary N) is 2. The maximum Gasteiger partial charge on any atom is 0.267 e. The first-order valence-electron chi connectivity index (χ1n) is 6.02. The molecule has 1 aromatic heterocycles. The first kappa shape index (κ1) is 12.5. The van der Waals surface area contributed by atoms with Crippen LogP contribution in [0.4, 0.5) is 5.69 Å². The molecule has 0 unspecified atom stereocenters. The minimum absolute atomic E-state index is 0.0701. The van der Waals surface area contributed by atoms with E-state index in [9.17, 15) is 4.79 Å².